The molecule has 3 aliphatic heterocycles. The van der Waals surface area contributed by atoms with Crippen LogP contribution in [0, 0.1) is 0 Å². The molecular formula is C52H37N3. The first-order chi connectivity index (χ1) is 27.3. The van der Waals surface area contributed by atoms with E-state index in [-0.39, 0.29) is 0 Å². The van der Waals surface area contributed by atoms with Crippen LogP contribution >= 0.6 is 0 Å². The number of fused-ring (bicyclic) bond motifs is 10. The van der Waals surface area contributed by atoms with Crippen LogP contribution in [0.2, 0.25) is 0 Å². The van der Waals surface area contributed by atoms with Crippen LogP contribution in [-0.2, 0) is 5.41 Å². The molecule has 8 aromatic carbocycles. The van der Waals surface area contributed by atoms with Crippen molar-refractivity contribution in [3.8, 4) is 33.4 Å². The number of rotatable bonds is 5. The average molecular weight is 704 g/mol. The van der Waals surface area contributed by atoms with Gasteiger partial charge >= 0.3 is 0 Å². The Kier molecular flexibility index (Phi) is 6.59. The monoisotopic (exact) mass is 703 g/mol. The van der Waals surface area contributed by atoms with E-state index in [9.17, 15) is 0 Å². The van der Waals surface area contributed by atoms with Crippen molar-refractivity contribution in [1.29, 1.82) is 0 Å². The van der Waals surface area contributed by atoms with Gasteiger partial charge in [0.1, 0.15) is 0 Å². The molecule has 3 heterocycles. The summed E-state index contributed by atoms with van der Waals surface area (Å²) < 4.78 is 0. The Morgan fingerprint density at radius 2 is 0.945 bits per heavy atom. The van der Waals surface area contributed by atoms with Crippen molar-refractivity contribution < 1.29 is 0 Å². The first-order valence-corrected chi connectivity index (χ1v) is 19.4. The number of anilines is 3. The van der Waals surface area contributed by atoms with Crippen LogP contribution in [0.4, 0.5) is 17.1 Å². The molecule has 4 aliphatic rings. The van der Waals surface area contributed by atoms with Crippen LogP contribution < -0.4 is 10.3 Å². The van der Waals surface area contributed by atoms with Gasteiger partial charge in [-0.3, -0.25) is 0 Å². The summed E-state index contributed by atoms with van der Waals surface area (Å²) in [7, 11) is 0. The molecule has 2 fully saturated rings. The number of hydrazine groups is 1. The molecule has 1 aliphatic carbocycles. The Morgan fingerprint density at radius 3 is 1.67 bits per heavy atom. The van der Waals surface area contributed by atoms with Gasteiger partial charge in [-0.15, -0.1) is 0 Å². The van der Waals surface area contributed by atoms with Crippen LogP contribution in [0.1, 0.15) is 45.5 Å². The molecule has 3 nitrogen and oxygen atoms in total. The van der Waals surface area contributed by atoms with E-state index in [0.29, 0.717) is 18.1 Å². The maximum Gasteiger partial charge on any atom is 0.0754 e. The van der Waals surface area contributed by atoms with Crippen LogP contribution in [0.25, 0.3) is 33.4 Å². The predicted octanol–water partition coefficient (Wildman–Crippen LogP) is 12.2. The third-order valence-corrected chi connectivity index (χ3v) is 12.6. The highest BCUT2D eigenvalue weighted by Gasteiger charge is 2.62. The normalized spacial score (nSPS) is 20.4. The van der Waals surface area contributed by atoms with Crippen LogP contribution in [0.15, 0.2) is 200 Å². The number of nitrogens with zero attached hydrogens (tertiary/aromatic N) is 2. The Bertz CT molecular complexity index is 2740. The molecule has 4 unspecified atom stereocenters. The number of benzene rings is 8. The molecule has 1 spiro atoms. The van der Waals surface area contributed by atoms with Crippen molar-refractivity contribution in [2.75, 3.05) is 4.90 Å². The lowest BCUT2D eigenvalue weighted by Crippen LogP contribution is -2.42. The summed E-state index contributed by atoms with van der Waals surface area (Å²) in [5.74, 6) is 0. The molecule has 0 aromatic heterocycles. The lowest BCUT2D eigenvalue weighted by atomic mass is 9.64. The number of hydrogen-bond acceptors (Lipinski definition) is 3. The van der Waals surface area contributed by atoms with Gasteiger partial charge < -0.3 is 4.90 Å². The molecule has 0 amide bonds. The number of hydrogen-bond donors (Lipinski definition) is 1. The quantitative estimate of drug-likeness (QED) is 0.180. The summed E-state index contributed by atoms with van der Waals surface area (Å²) in [6, 6.07) is 75.5. The number of para-hydroxylation sites is 3. The topological polar surface area (TPSA) is 18.3 Å². The second kappa shape index (κ2) is 11.7. The summed E-state index contributed by atoms with van der Waals surface area (Å²) in [6.07, 6.45) is 0. The molecule has 3 heteroatoms. The Balaban J connectivity index is 0.975. The van der Waals surface area contributed by atoms with E-state index in [2.05, 4.69) is 216 Å². The van der Waals surface area contributed by atoms with Crippen LogP contribution in [0.3, 0.4) is 0 Å². The molecule has 2 saturated heterocycles. The Morgan fingerprint density at radius 1 is 0.400 bits per heavy atom. The fourth-order valence-electron chi connectivity index (χ4n) is 10.1. The first kappa shape index (κ1) is 30.9. The van der Waals surface area contributed by atoms with Gasteiger partial charge in [-0.05, 0) is 109 Å². The molecule has 8 aromatic rings. The highest BCUT2D eigenvalue weighted by atomic mass is 15.7. The summed E-state index contributed by atoms with van der Waals surface area (Å²) in [5, 5.41) is 2.40. The van der Waals surface area contributed by atoms with Crippen LogP contribution in [-0.4, -0.2) is 11.1 Å². The maximum atomic E-state index is 3.68. The summed E-state index contributed by atoms with van der Waals surface area (Å²) >= 11 is 0. The van der Waals surface area contributed by atoms with Gasteiger partial charge in [-0.2, -0.15) is 0 Å². The second-order valence-electron chi connectivity index (χ2n) is 15.3. The highest BCUT2D eigenvalue weighted by molar-refractivity contribution is 5.96. The van der Waals surface area contributed by atoms with E-state index in [1.807, 2.05) is 0 Å². The minimum atomic E-state index is -0.475. The first-order valence-electron chi connectivity index (χ1n) is 19.4. The minimum Gasteiger partial charge on any atom is -0.310 e. The summed E-state index contributed by atoms with van der Waals surface area (Å²) in [6.45, 7) is 0. The Labute approximate surface area is 321 Å². The zero-order valence-corrected chi connectivity index (χ0v) is 30.2. The molecule has 12 rings (SSSR count). The van der Waals surface area contributed by atoms with Gasteiger partial charge in [-0.1, -0.05) is 158 Å². The van der Waals surface area contributed by atoms with Crippen molar-refractivity contribution in [2.24, 2.45) is 0 Å². The molecule has 0 radical (unpaired) electrons. The number of nitrogens with one attached hydrogen (secondary N) is 1. The fraction of sp³-hybridized carbons (Fsp3) is 0.0769. The van der Waals surface area contributed by atoms with Crippen molar-refractivity contribution in [2.45, 2.75) is 23.5 Å². The Hall–Kier alpha value is -6.52. The summed E-state index contributed by atoms with van der Waals surface area (Å²) in [5.41, 5.74) is 22.4. The molecule has 55 heavy (non-hydrogen) atoms. The molecule has 0 saturated carbocycles. The zero-order chi connectivity index (χ0) is 36.1. The van der Waals surface area contributed by atoms with E-state index in [1.54, 1.807) is 0 Å². The van der Waals surface area contributed by atoms with Gasteiger partial charge in [0.25, 0.3) is 0 Å². The minimum absolute atomic E-state index is 0.386. The van der Waals surface area contributed by atoms with E-state index in [4.69, 9.17) is 0 Å². The van der Waals surface area contributed by atoms with E-state index >= 15 is 0 Å². The standard InChI is InChI=1S/C52H37N3/c1-3-15-34(16-4-1)49-51-50(55(51)53-49)39-20-14-19-37(32-39)35-17-13-18-36(31-35)38-29-30-42-41-23-7-8-24-43(41)52(46(42)33-38)44-25-9-11-27-47(44)54(40-21-5-2-6-22-40)48-28-12-10-26-45(48)52/h1-33,49-51,53H. The van der Waals surface area contributed by atoms with E-state index in [0.717, 1.165) is 5.69 Å². The van der Waals surface area contributed by atoms with Gasteiger partial charge in [0.05, 0.1) is 34.9 Å². The third kappa shape index (κ3) is 4.40. The van der Waals surface area contributed by atoms with Gasteiger partial charge in [0.2, 0.25) is 0 Å². The lowest BCUT2D eigenvalue weighted by Gasteiger charge is -2.45. The molecular weight excluding hydrogens is 667 g/mol. The largest absolute Gasteiger partial charge is 0.310 e. The smallest absolute Gasteiger partial charge is 0.0754 e. The van der Waals surface area contributed by atoms with Crippen molar-refractivity contribution in [3.05, 3.63) is 234 Å². The summed E-state index contributed by atoms with van der Waals surface area (Å²) in [4.78, 5) is 2.44. The van der Waals surface area contributed by atoms with Crippen LogP contribution in [0.5, 0.6) is 0 Å². The molecule has 1 N–H and O–H groups in total. The molecule has 4 atom stereocenters. The third-order valence-electron chi connectivity index (χ3n) is 12.6. The van der Waals surface area contributed by atoms with Crippen molar-refractivity contribution >= 4 is 17.1 Å². The van der Waals surface area contributed by atoms with Crippen molar-refractivity contribution in [1.82, 2.24) is 10.4 Å². The average Bonchev–Trinajstić information content (AvgIpc) is 3.74. The second-order valence-corrected chi connectivity index (χ2v) is 15.3. The van der Waals surface area contributed by atoms with Gasteiger partial charge in [-0.25, -0.2) is 10.4 Å². The van der Waals surface area contributed by atoms with E-state index in [1.165, 1.54) is 78.1 Å². The predicted molar refractivity (Wildman–Crippen MR) is 224 cm³/mol. The molecule has 260 valence electrons. The zero-order valence-electron chi connectivity index (χ0n) is 30.2. The van der Waals surface area contributed by atoms with Gasteiger partial charge in [0.15, 0.2) is 0 Å². The maximum absolute atomic E-state index is 3.68. The lowest BCUT2D eigenvalue weighted by molar-refractivity contribution is 0.187. The van der Waals surface area contributed by atoms with E-state index < -0.39 is 5.41 Å². The SMILES string of the molecule is c1ccc(C2NN3C(c4cccc(-c5cccc(-c6ccc7c(c6)C6(c8ccccc8-7)c7ccccc7N(c7ccccc7)c7ccccc76)c5)c4)C23)cc1. The van der Waals surface area contributed by atoms with Crippen molar-refractivity contribution in [3.63, 3.8) is 0 Å². The molecule has 0 bridgehead atoms. The van der Waals surface area contributed by atoms with Gasteiger partial charge in [0, 0.05) is 5.69 Å². The fourth-order valence-corrected chi connectivity index (χ4v) is 10.1. The highest BCUT2D eigenvalue weighted by Crippen LogP contribution is 2.63.